The van der Waals surface area contributed by atoms with Gasteiger partial charge in [-0.1, -0.05) is 0 Å². The smallest absolute Gasteiger partial charge is 0.381 e. The van der Waals surface area contributed by atoms with Crippen molar-refractivity contribution < 1.29 is 26.3 Å². The van der Waals surface area contributed by atoms with Crippen LogP contribution in [-0.4, -0.2) is 39.5 Å². The SMILES string of the molecule is CN(C[C@H]1CCOC1)S(=O)(=O)c1ccc(C#N)c(C(F)(F)F)c1. The molecule has 1 aliphatic rings. The van der Waals surface area contributed by atoms with Gasteiger partial charge in [0.05, 0.1) is 28.7 Å². The van der Waals surface area contributed by atoms with Crippen LogP contribution in [-0.2, 0) is 20.9 Å². The Hall–Kier alpha value is -1.63. The fourth-order valence-corrected chi connectivity index (χ4v) is 3.66. The molecule has 126 valence electrons. The van der Waals surface area contributed by atoms with E-state index in [1.807, 2.05) is 0 Å². The first-order chi connectivity index (χ1) is 10.7. The van der Waals surface area contributed by atoms with Crippen LogP contribution in [0, 0.1) is 17.2 Å². The first-order valence-corrected chi connectivity index (χ1v) is 8.25. The van der Waals surface area contributed by atoms with E-state index >= 15 is 0 Å². The second kappa shape index (κ2) is 6.47. The summed E-state index contributed by atoms with van der Waals surface area (Å²) in [5.74, 6) is 0.0234. The van der Waals surface area contributed by atoms with Crippen molar-refractivity contribution in [3.05, 3.63) is 29.3 Å². The average molecular weight is 348 g/mol. The average Bonchev–Trinajstić information content (AvgIpc) is 2.98. The maximum atomic E-state index is 13.0. The van der Waals surface area contributed by atoms with E-state index in [2.05, 4.69) is 0 Å². The number of nitriles is 1. The molecule has 0 unspecified atom stereocenters. The maximum Gasteiger partial charge on any atom is 0.417 e. The number of hydrogen-bond donors (Lipinski definition) is 0. The Morgan fingerprint density at radius 3 is 2.65 bits per heavy atom. The first kappa shape index (κ1) is 17.7. The number of alkyl halides is 3. The molecule has 1 atom stereocenters. The van der Waals surface area contributed by atoms with E-state index in [0.717, 1.165) is 16.4 Å². The van der Waals surface area contributed by atoms with E-state index in [9.17, 15) is 21.6 Å². The number of hydrogen-bond acceptors (Lipinski definition) is 4. The third-order valence-electron chi connectivity index (χ3n) is 3.66. The van der Waals surface area contributed by atoms with Gasteiger partial charge in [-0.05, 0) is 30.5 Å². The summed E-state index contributed by atoms with van der Waals surface area (Å²) >= 11 is 0. The van der Waals surface area contributed by atoms with E-state index < -0.39 is 32.2 Å². The lowest BCUT2D eigenvalue weighted by Crippen LogP contribution is -2.32. The van der Waals surface area contributed by atoms with Crippen LogP contribution >= 0.6 is 0 Å². The molecule has 0 bridgehead atoms. The Balaban J connectivity index is 2.34. The molecule has 0 N–H and O–H groups in total. The van der Waals surface area contributed by atoms with E-state index in [1.54, 1.807) is 0 Å². The molecule has 0 amide bonds. The van der Waals surface area contributed by atoms with Gasteiger partial charge in [0, 0.05) is 20.2 Å². The van der Waals surface area contributed by atoms with Gasteiger partial charge in [-0.3, -0.25) is 0 Å². The van der Waals surface area contributed by atoms with Crippen LogP contribution in [0.5, 0.6) is 0 Å². The first-order valence-electron chi connectivity index (χ1n) is 6.81. The highest BCUT2D eigenvalue weighted by Gasteiger charge is 2.36. The minimum absolute atomic E-state index is 0.0234. The van der Waals surface area contributed by atoms with Crippen molar-refractivity contribution >= 4 is 10.0 Å². The molecule has 9 heteroatoms. The predicted octanol–water partition coefficient (Wildman–Crippen LogP) is 2.23. The van der Waals surface area contributed by atoms with E-state index in [-0.39, 0.29) is 12.5 Å². The molecular formula is C14H15F3N2O3S. The van der Waals surface area contributed by atoms with Gasteiger partial charge in [-0.15, -0.1) is 0 Å². The largest absolute Gasteiger partial charge is 0.417 e. The van der Waals surface area contributed by atoms with Crippen LogP contribution in [0.2, 0.25) is 0 Å². The second-order valence-electron chi connectivity index (χ2n) is 5.33. The van der Waals surface area contributed by atoms with Crippen molar-refractivity contribution in [3.63, 3.8) is 0 Å². The van der Waals surface area contributed by atoms with Crippen molar-refractivity contribution in [3.8, 4) is 6.07 Å². The fourth-order valence-electron chi connectivity index (χ4n) is 2.38. The summed E-state index contributed by atoms with van der Waals surface area (Å²) in [4.78, 5) is -0.481. The predicted molar refractivity (Wildman–Crippen MR) is 74.9 cm³/mol. The van der Waals surface area contributed by atoms with E-state index in [4.69, 9.17) is 10.00 Å². The van der Waals surface area contributed by atoms with Gasteiger partial charge in [0.1, 0.15) is 0 Å². The van der Waals surface area contributed by atoms with Gasteiger partial charge in [-0.25, -0.2) is 12.7 Å². The summed E-state index contributed by atoms with van der Waals surface area (Å²) in [6.07, 6.45) is -4.09. The third-order valence-corrected chi connectivity index (χ3v) is 5.48. The second-order valence-corrected chi connectivity index (χ2v) is 7.38. The lowest BCUT2D eigenvalue weighted by atomic mass is 10.1. The Morgan fingerprint density at radius 1 is 1.43 bits per heavy atom. The Labute approximate surface area is 132 Å². The molecule has 1 aromatic carbocycles. The van der Waals surface area contributed by atoms with Gasteiger partial charge < -0.3 is 4.74 Å². The summed E-state index contributed by atoms with van der Waals surface area (Å²) in [6, 6.07) is 3.83. The molecule has 23 heavy (non-hydrogen) atoms. The van der Waals surface area contributed by atoms with Crippen LogP contribution in [0.3, 0.4) is 0 Å². The number of sulfonamides is 1. The molecule has 0 radical (unpaired) electrons. The lowest BCUT2D eigenvalue weighted by molar-refractivity contribution is -0.137. The number of halogens is 3. The van der Waals surface area contributed by atoms with Crippen molar-refractivity contribution in [1.29, 1.82) is 5.26 Å². The standard InChI is InChI=1S/C14H15F3N2O3S/c1-19(8-10-4-5-22-9-10)23(20,21)12-3-2-11(7-18)13(6-12)14(15,16)17/h2-3,6,10H,4-5,8-9H2,1H3/t10-/m1/s1. The van der Waals surface area contributed by atoms with Crippen molar-refractivity contribution in [2.24, 2.45) is 5.92 Å². The molecule has 0 aliphatic carbocycles. The van der Waals surface area contributed by atoms with Gasteiger partial charge in [-0.2, -0.15) is 18.4 Å². The van der Waals surface area contributed by atoms with Crippen LogP contribution < -0.4 is 0 Å². The van der Waals surface area contributed by atoms with E-state index in [0.29, 0.717) is 25.7 Å². The monoisotopic (exact) mass is 348 g/mol. The normalized spacial score (nSPS) is 19.0. The fraction of sp³-hybridized carbons (Fsp3) is 0.500. The van der Waals surface area contributed by atoms with Crippen LogP contribution in [0.4, 0.5) is 13.2 Å². The van der Waals surface area contributed by atoms with Gasteiger partial charge in [0.2, 0.25) is 10.0 Å². The molecule has 0 aromatic heterocycles. The molecule has 1 fully saturated rings. The zero-order chi connectivity index (χ0) is 17.3. The van der Waals surface area contributed by atoms with Crippen molar-refractivity contribution in [2.45, 2.75) is 17.5 Å². The highest BCUT2D eigenvalue weighted by atomic mass is 32.2. The molecule has 1 saturated heterocycles. The highest BCUT2D eigenvalue weighted by molar-refractivity contribution is 7.89. The van der Waals surface area contributed by atoms with E-state index in [1.165, 1.54) is 13.1 Å². The molecule has 1 aliphatic heterocycles. The Kier molecular flexibility index (Phi) is 4.98. The molecular weight excluding hydrogens is 333 g/mol. The molecule has 5 nitrogen and oxygen atoms in total. The van der Waals surface area contributed by atoms with Crippen LogP contribution in [0.15, 0.2) is 23.1 Å². The molecule has 0 spiro atoms. The minimum atomic E-state index is -4.80. The molecule has 1 aromatic rings. The molecule has 0 saturated carbocycles. The maximum absolute atomic E-state index is 13.0. The lowest BCUT2D eigenvalue weighted by Gasteiger charge is -2.21. The summed E-state index contributed by atoms with van der Waals surface area (Å²) in [5, 5.41) is 8.75. The summed E-state index contributed by atoms with van der Waals surface area (Å²) < 4.78 is 69.9. The highest BCUT2D eigenvalue weighted by Crippen LogP contribution is 2.34. The zero-order valence-corrected chi connectivity index (χ0v) is 13.1. The number of ether oxygens (including phenoxy) is 1. The van der Waals surface area contributed by atoms with Crippen molar-refractivity contribution in [1.82, 2.24) is 4.31 Å². The summed E-state index contributed by atoms with van der Waals surface area (Å²) in [6.45, 7) is 1.15. The third kappa shape index (κ3) is 3.83. The number of benzene rings is 1. The topological polar surface area (TPSA) is 70.4 Å². The van der Waals surface area contributed by atoms with Crippen LogP contribution in [0.25, 0.3) is 0 Å². The van der Waals surface area contributed by atoms with Gasteiger partial charge in [0.25, 0.3) is 0 Å². The summed E-state index contributed by atoms with van der Waals surface area (Å²) in [7, 11) is -2.75. The number of rotatable bonds is 4. The quantitative estimate of drug-likeness (QED) is 0.837. The zero-order valence-electron chi connectivity index (χ0n) is 12.3. The Bertz CT molecular complexity index is 720. The minimum Gasteiger partial charge on any atom is -0.381 e. The van der Waals surface area contributed by atoms with Gasteiger partial charge >= 0.3 is 6.18 Å². The molecule has 1 heterocycles. The van der Waals surface area contributed by atoms with Gasteiger partial charge in [0.15, 0.2) is 0 Å². The number of nitrogens with zero attached hydrogens (tertiary/aromatic N) is 2. The Morgan fingerprint density at radius 2 is 2.13 bits per heavy atom. The summed E-state index contributed by atoms with van der Waals surface area (Å²) in [5.41, 5.74) is -1.86. The van der Waals surface area contributed by atoms with Crippen molar-refractivity contribution in [2.75, 3.05) is 26.8 Å². The molecule has 2 rings (SSSR count). The van der Waals surface area contributed by atoms with Crippen LogP contribution in [0.1, 0.15) is 17.5 Å².